The van der Waals surface area contributed by atoms with Gasteiger partial charge in [-0.25, -0.2) is 0 Å². The maximum Gasteiger partial charge on any atom is 0.272 e. The highest BCUT2D eigenvalue weighted by atomic mass is 79.9. The maximum absolute atomic E-state index is 12.4. The molecule has 21 heavy (non-hydrogen) atoms. The second-order valence-electron chi connectivity index (χ2n) is 4.54. The SMILES string of the molecule is CCCn1cc(Cl)cc1C(=O)Nc1cc(Br)ccc1OC. The van der Waals surface area contributed by atoms with Gasteiger partial charge in [0.15, 0.2) is 0 Å². The molecular weight excluding hydrogens is 356 g/mol. The van der Waals surface area contributed by atoms with Crippen molar-refractivity contribution in [2.45, 2.75) is 19.9 Å². The molecule has 0 aliphatic heterocycles. The van der Waals surface area contributed by atoms with Crippen LogP contribution < -0.4 is 10.1 Å². The molecule has 0 aliphatic rings. The molecule has 1 N–H and O–H groups in total. The molecule has 1 amide bonds. The van der Waals surface area contributed by atoms with Crippen LogP contribution in [-0.2, 0) is 6.54 Å². The lowest BCUT2D eigenvalue weighted by Crippen LogP contribution is -2.17. The third-order valence-corrected chi connectivity index (χ3v) is 3.67. The third kappa shape index (κ3) is 3.80. The summed E-state index contributed by atoms with van der Waals surface area (Å²) in [5, 5.41) is 3.41. The quantitative estimate of drug-likeness (QED) is 0.836. The average molecular weight is 372 g/mol. The number of rotatable bonds is 5. The molecule has 0 atom stereocenters. The van der Waals surface area contributed by atoms with Crippen molar-refractivity contribution < 1.29 is 9.53 Å². The normalized spacial score (nSPS) is 10.5. The molecule has 1 aromatic carbocycles. The van der Waals surface area contributed by atoms with Crippen LogP contribution in [0, 0.1) is 0 Å². The molecule has 1 aromatic heterocycles. The largest absolute Gasteiger partial charge is 0.495 e. The van der Waals surface area contributed by atoms with Crippen molar-refractivity contribution in [3.05, 3.63) is 45.7 Å². The van der Waals surface area contributed by atoms with E-state index in [0.717, 1.165) is 17.4 Å². The first-order chi connectivity index (χ1) is 10.0. The van der Waals surface area contributed by atoms with E-state index < -0.39 is 0 Å². The zero-order valence-corrected chi connectivity index (χ0v) is 14.2. The van der Waals surface area contributed by atoms with E-state index in [-0.39, 0.29) is 5.91 Å². The Morgan fingerprint density at radius 2 is 2.19 bits per heavy atom. The Bertz CT molecular complexity index is 655. The molecule has 0 aliphatic carbocycles. The number of ether oxygens (including phenoxy) is 1. The van der Waals surface area contributed by atoms with Crippen LogP contribution in [0.5, 0.6) is 5.75 Å². The van der Waals surface area contributed by atoms with Crippen LogP contribution in [-0.4, -0.2) is 17.6 Å². The second kappa shape index (κ2) is 7.00. The minimum atomic E-state index is -0.216. The number of methoxy groups -OCH3 is 1. The van der Waals surface area contributed by atoms with E-state index in [1.807, 2.05) is 17.6 Å². The number of aromatic nitrogens is 1. The Morgan fingerprint density at radius 1 is 1.43 bits per heavy atom. The number of carbonyl (C=O) groups is 1. The molecule has 2 rings (SSSR count). The Morgan fingerprint density at radius 3 is 2.86 bits per heavy atom. The Hall–Kier alpha value is -1.46. The highest BCUT2D eigenvalue weighted by Crippen LogP contribution is 2.28. The monoisotopic (exact) mass is 370 g/mol. The van der Waals surface area contributed by atoms with Gasteiger partial charge in [0, 0.05) is 17.2 Å². The number of carbonyl (C=O) groups excluding carboxylic acids is 1. The van der Waals surface area contributed by atoms with Crippen LogP contribution in [0.3, 0.4) is 0 Å². The van der Waals surface area contributed by atoms with E-state index in [0.29, 0.717) is 22.2 Å². The van der Waals surface area contributed by atoms with Crippen LogP contribution in [0.15, 0.2) is 34.9 Å². The lowest BCUT2D eigenvalue weighted by Gasteiger charge is -2.12. The van der Waals surface area contributed by atoms with Gasteiger partial charge in [-0.05, 0) is 30.7 Å². The Balaban J connectivity index is 2.28. The topological polar surface area (TPSA) is 43.3 Å². The van der Waals surface area contributed by atoms with Crippen LogP contribution in [0.4, 0.5) is 5.69 Å². The summed E-state index contributed by atoms with van der Waals surface area (Å²) < 4.78 is 7.96. The molecule has 2 aromatic rings. The lowest BCUT2D eigenvalue weighted by molar-refractivity contribution is 0.101. The smallest absolute Gasteiger partial charge is 0.272 e. The fraction of sp³-hybridized carbons (Fsp3) is 0.267. The number of aryl methyl sites for hydroxylation is 1. The first kappa shape index (κ1) is 15.9. The Labute approximate surface area is 137 Å². The van der Waals surface area contributed by atoms with Gasteiger partial charge in [-0.2, -0.15) is 0 Å². The molecule has 0 spiro atoms. The summed E-state index contributed by atoms with van der Waals surface area (Å²) in [5.41, 5.74) is 1.14. The number of hydrogen-bond acceptors (Lipinski definition) is 2. The number of anilines is 1. The van der Waals surface area contributed by atoms with Crippen molar-refractivity contribution in [3.63, 3.8) is 0 Å². The lowest BCUT2D eigenvalue weighted by atomic mass is 10.2. The standard InChI is InChI=1S/C15H16BrClN2O2/c1-3-6-19-9-11(17)8-13(19)15(20)18-12-7-10(16)4-5-14(12)21-2/h4-5,7-9H,3,6H2,1-2H3,(H,18,20). The minimum Gasteiger partial charge on any atom is -0.495 e. The summed E-state index contributed by atoms with van der Waals surface area (Å²) in [5.74, 6) is 0.387. The van der Waals surface area contributed by atoms with E-state index in [1.54, 1.807) is 31.5 Å². The fourth-order valence-electron chi connectivity index (χ4n) is 2.06. The van der Waals surface area contributed by atoms with E-state index in [9.17, 15) is 4.79 Å². The van der Waals surface area contributed by atoms with Gasteiger partial charge in [-0.3, -0.25) is 4.79 Å². The van der Waals surface area contributed by atoms with Crippen LogP contribution >= 0.6 is 27.5 Å². The first-order valence-electron chi connectivity index (χ1n) is 6.55. The third-order valence-electron chi connectivity index (χ3n) is 2.97. The summed E-state index contributed by atoms with van der Waals surface area (Å²) in [6.45, 7) is 2.79. The molecule has 0 bridgehead atoms. The summed E-state index contributed by atoms with van der Waals surface area (Å²) >= 11 is 9.38. The molecule has 0 unspecified atom stereocenters. The van der Waals surface area contributed by atoms with E-state index in [4.69, 9.17) is 16.3 Å². The number of benzene rings is 1. The highest BCUT2D eigenvalue weighted by Gasteiger charge is 2.15. The van der Waals surface area contributed by atoms with Crippen molar-refractivity contribution in [3.8, 4) is 5.75 Å². The van der Waals surface area contributed by atoms with E-state index >= 15 is 0 Å². The number of nitrogens with zero attached hydrogens (tertiary/aromatic N) is 1. The predicted octanol–water partition coefficient (Wildman–Crippen LogP) is 4.57. The van der Waals surface area contributed by atoms with Crippen molar-refractivity contribution in [1.29, 1.82) is 0 Å². The zero-order valence-electron chi connectivity index (χ0n) is 11.8. The zero-order chi connectivity index (χ0) is 15.4. The van der Waals surface area contributed by atoms with Crippen LogP contribution in [0.25, 0.3) is 0 Å². The molecule has 0 fully saturated rings. The fourth-order valence-corrected chi connectivity index (χ4v) is 2.64. The Kier molecular flexibility index (Phi) is 5.31. The van der Waals surface area contributed by atoms with Crippen molar-refractivity contribution in [2.75, 3.05) is 12.4 Å². The van der Waals surface area contributed by atoms with E-state index in [1.165, 1.54) is 0 Å². The highest BCUT2D eigenvalue weighted by molar-refractivity contribution is 9.10. The van der Waals surface area contributed by atoms with Gasteiger partial charge >= 0.3 is 0 Å². The molecular formula is C15H16BrClN2O2. The van der Waals surface area contributed by atoms with Gasteiger partial charge in [-0.1, -0.05) is 34.5 Å². The summed E-state index contributed by atoms with van der Waals surface area (Å²) in [6, 6.07) is 7.10. The molecule has 0 saturated carbocycles. The molecule has 112 valence electrons. The summed E-state index contributed by atoms with van der Waals surface area (Å²) in [4.78, 5) is 12.4. The minimum absolute atomic E-state index is 0.216. The number of nitrogens with one attached hydrogen (secondary N) is 1. The van der Waals surface area contributed by atoms with Crippen LogP contribution in [0.1, 0.15) is 23.8 Å². The molecule has 4 nitrogen and oxygen atoms in total. The summed E-state index contributed by atoms with van der Waals surface area (Å²) in [6.07, 6.45) is 2.68. The van der Waals surface area contributed by atoms with Gasteiger partial charge < -0.3 is 14.6 Å². The number of halogens is 2. The maximum atomic E-state index is 12.4. The van der Waals surface area contributed by atoms with Gasteiger partial charge in [0.1, 0.15) is 11.4 Å². The van der Waals surface area contributed by atoms with Crippen LogP contribution in [0.2, 0.25) is 5.02 Å². The van der Waals surface area contributed by atoms with Crippen molar-refractivity contribution >= 4 is 39.1 Å². The average Bonchev–Trinajstić information content (AvgIpc) is 2.80. The van der Waals surface area contributed by atoms with Crippen molar-refractivity contribution in [2.24, 2.45) is 0 Å². The summed E-state index contributed by atoms with van der Waals surface area (Å²) in [7, 11) is 1.57. The molecule has 0 radical (unpaired) electrons. The number of amides is 1. The van der Waals surface area contributed by atoms with Crippen molar-refractivity contribution in [1.82, 2.24) is 4.57 Å². The van der Waals surface area contributed by atoms with Gasteiger partial charge in [0.25, 0.3) is 5.91 Å². The van der Waals surface area contributed by atoms with Gasteiger partial charge in [0.2, 0.25) is 0 Å². The first-order valence-corrected chi connectivity index (χ1v) is 7.72. The molecule has 1 heterocycles. The second-order valence-corrected chi connectivity index (χ2v) is 5.89. The van der Waals surface area contributed by atoms with E-state index in [2.05, 4.69) is 21.2 Å². The molecule has 6 heteroatoms. The predicted molar refractivity (Wildman–Crippen MR) is 88.4 cm³/mol. The molecule has 0 saturated heterocycles. The number of hydrogen-bond donors (Lipinski definition) is 1. The van der Waals surface area contributed by atoms with Gasteiger partial charge in [-0.15, -0.1) is 0 Å². The van der Waals surface area contributed by atoms with Gasteiger partial charge in [0.05, 0.1) is 17.8 Å².